The molecule has 0 aliphatic rings. The lowest BCUT2D eigenvalue weighted by Gasteiger charge is -1.94. The summed E-state index contributed by atoms with van der Waals surface area (Å²) >= 11 is 0. The average molecular weight is 181 g/mol. The lowest BCUT2D eigenvalue weighted by Crippen LogP contribution is -2.00. The Hall–Kier alpha value is -1.45. The smallest absolute Gasteiger partial charge is 0.263 e. The average Bonchev–Trinajstić information content (AvgIpc) is 2.55. The van der Waals surface area contributed by atoms with Gasteiger partial charge < -0.3 is 9.21 Å². The van der Waals surface area contributed by atoms with Crippen LogP contribution < -0.4 is 0 Å². The minimum absolute atomic E-state index is 0.0974. The van der Waals surface area contributed by atoms with Gasteiger partial charge in [0.1, 0.15) is 12.0 Å². The van der Waals surface area contributed by atoms with Crippen LogP contribution in [-0.4, -0.2) is 16.6 Å². The van der Waals surface area contributed by atoms with Gasteiger partial charge in [0.05, 0.1) is 6.20 Å². The van der Waals surface area contributed by atoms with E-state index in [-0.39, 0.29) is 17.5 Å². The molecule has 0 saturated carbocycles. The number of aromatic nitrogens is 1. The van der Waals surface area contributed by atoms with Gasteiger partial charge in [-0.1, -0.05) is 0 Å². The first-order chi connectivity index (χ1) is 6.20. The van der Waals surface area contributed by atoms with Crippen molar-refractivity contribution in [3.63, 3.8) is 0 Å². The number of hydrogen-bond donors (Lipinski definition) is 0. The summed E-state index contributed by atoms with van der Waals surface area (Å²) in [6, 6.07) is 0. The topological polar surface area (TPSA) is 60.2 Å². The van der Waals surface area contributed by atoms with Gasteiger partial charge >= 0.3 is 0 Å². The summed E-state index contributed by atoms with van der Waals surface area (Å²) in [7, 11) is 0. The molecule has 0 spiro atoms. The monoisotopic (exact) mass is 181 g/mol. The number of ketones is 2. The van der Waals surface area contributed by atoms with Crippen molar-refractivity contribution in [3.8, 4) is 0 Å². The van der Waals surface area contributed by atoms with E-state index in [1.54, 1.807) is 0 Å². The highest BCUT2D eigenvalue weighted by atomic mass is 16.3. The van der Waals surface area contributed by atoms with E-state index < -0.39 is 0 Å². The first-order valence-electron chi connectivity index (χ1n) is 4.12. The van der Waals surface area contributed by atoms with Crippen LogP contribution in [0.1, 0.15) is 36.9 Å². The second-order valence-electron chi connectivity index (χ2n) is 2.82. The number of nitrogens with zero attached hydrogens (tertiary/aromatic N) is 1. The standard InChI is InChI=1S/C9H11NO3/c1-7(11)3-2-4-8(12)9-10-5-6-13-9/h5-6H,2-4H2,1H3. The molecule has 0 aromatic carbocycles. The molecule has 13 heavy (non-hydrogen) atoms. The van der Waals surface area contributed by atoms with Gasteiger partial charge in [-0.2, -0.15) is 0 Å². The van der Waals surface area contributed by atoms with Crippen LogP contribution in [0.5, 0.6) is 0 Å². The normalized spacial score (nSPS) is 9.92. The van der Waals surface area contributed by atoms with Gasteiger partial charge in [-0.25, -0.2) is 4.98 Å². The summed E-state index contributed by atoms with van der Waals surface area (Å²) < 4.78 is 4.81. The van der Waals surface area contributed by atoms with Crippen LogP contribution in [0.25, 0.3) is 0 Å². The molecular formula is C9H11NO3. The molecule has 1 aromatic heterocycles. The van der Waals surface area contributed by atoms with Gasteiger partial charge in [0.2, 0.25) is 5.78 Å². The van der Waals surface area contributed by atoms with Crippen molar-refractivity contribution in [2.24, 2.45) is 0 Å². The summed E-state index contributed by atoms with van der Waals surface area (Å²) in [6.07, 6.45) is 4.11. The molecule has 1 aromatic rings. The number of Topliss-reactive ketones (excluding diaryl/α,β-unsaturated/α-hetero) is 2. The molecule has 70 valence electrons. The Balaban J connectivity index is 2.31. The van der Waals surface area contributed by atoms with Gasteiger partial charge in [0, 0.05) is 12.8 Å². The quantitative estimate of drug-likeness (QED) is 0.647. The summed E-state index contributed by atoms with van der Waals surface area (Å²) in [4.78, 5) is 25.5. The van der Waals surface area contributed by atoms with Gasteiger partial charge in [0.25, 0.3) is 5.89 Å². The number of hydrogen-bond acceptors (Lipinski definition) is 4. The maximum atomic E-state index is 11.2. The summed E-state index contributed by atoms with van der Waals surface area (Å²) in [5.74, 6) is 0.0787. The molecule has 0 amide bonds. The Morgan fingerprint density at radius 2 is 2.23 bits per heavy atom. The fourth-order valence-corrected chi connectivity index (χ4v) is 0.966. The van der Waals surface area contributed by atoms with E-state index >= 15 is 0 Å². The predicted molar refractivity (Wildman–Crippen MR) is 45.4 cm³/mol. The molecule has 0 aliphatic heterocycles. The number of oxazole rings is 1. The van der Waals surface area contributed by atoms with Gasteiger partial charge in [-0.15, -0.1) is 0 Å². The fourth-order valence-electron chi connectivity index (χ4n) is 0.966. The minimum Gasteiger partial charge on any atom is -0.442 e. The number of carbonyl (C=O) groups is 2. The number of carbonyl (C=O) groups excluding carboxylic acids is 2. The van der Waals surface area contributed by atoms with Gasteiger partial charge in [-0.05, 0) is 13.3 Å². The first-order valence-corrected chi connectivity index (χ1v) is 4.12. The Morgan fingerprint density at radius 1 is 1.46 bits per heavy atom. The molecule has 0 fully saturated rings. The van der Waals surface area contributed by atoms with Crippen molar-refractivity contribution in [2.75, 3.05) is 0 Å². The number of rotatable bonds is 5. The van der Waals surface area contributed by atoms with Crippen LogP contribution >= 0.6 is 0 Å². The highest BCUT2D eigenvalue weighted by Crippen LogP contribution is 2.04. The SMILES string of the molecule is CC(=O)CCCC(=O)c1ncco1. The van der Waals surface area contributed by atoms with Crippen molar-refractivity contribution < 1.29 is 14.0 Å². The lowest BCUT2D eigenvalue weighted by atomic mass is 10.1. The molecule has 4 heteroatoms. The van der Waals surface area contributed by atoms with Gasteiger partial charge in [-0.3, -0.25) is 4.79 Å². The van der Waals surface area contributed by atoms with Crippen LogP contribution in [-0.2, 0) is 4.79 Å². The van der Waals surface area contributed by atoms with E-state index in [1.807, 2.05) is 0 Å². The third-order valence-corrected chi connectivity index (χ3v) is 1.60. The first kappa shape index (κ1) is 9.64. The second kappa shape index (κ2) is 4.54. The van der Waals surface area contributed by atoms with E-state index in [2.05, 4.69) is 4.98 Å². The minimum atomic E-state index is -0.147. The summed E-state index contributed by atoms with van der Waals surface area (Å²) in [6.45, 7) is 1.51. The van der Waals surface area contributed by atoms with Crippen molar-refractivity contribution in [1.29, 1.82) is 0 Å². The van der Waals surface area contributed by atoms with E-state index in [4.69, 9.17) is 4.42 Å². The molecule has 0 radical (unpaired) electrons. The molecule has 4 nitrogen and oxygen atoms in total. The highest BCUT2D eigenvalue weighted by molar-refractivity contribution is 5.91. The molecule has 0 atom stereocenters. The van der Waals surface area contributed by atoms with Crippen LogP contribution in [0.3, 0.4) is 0 Å². The molecule has 0 saturated heterocycles. The van der Waals surface area contributed by atoms with E-state index in [0.29, 0.717) is 19.3 Å². The zero-order chi connectivity index (χ0) is 9.68. The van der Waals surface area contributed by atoms with Crippen molar-refractivity contribution in [2.45, 2.75) is 26.2 Å². The lowest BCUT2D eigenvalue weighted by molar-refractivity contribution is -0.117. The summed E-state index contributed by atoms with van der Waals surface area (Å²) in [5, 5.41) is 0. The maximum absolute atomic E-state index is 11.2. The Morgan fingerprint density at radius 3 is 2.77 bits per heavy atom. The Labute approximate surface area is 76.0 Å². The van der Waals surface area contributed by atoms with Gasteiger partial charge in [0.15, 0.2) is 0 Å². The van der Waals surface area contributed by atoms with Crippen molar-refractivity contribution in [1.82, 2.24) is 4.98 Å². The van der Waals surface area contributed by atoms with E-state index in [9.17, 15) is 9.59 Å². The molecule has 0 aliphatic carbocycles. The van der Waals surface area contributed by atoms with Crippen LogP contribution in [0.15, 0.2) is 16.9 Å². The van der Waals surface area contributed by atoms with Crippen molar-refractivity contribution in [3.05, 3.63) is 18.4 Å². The second-order valence-corrected chi connectivity index (χ2v) is 2.82. The maximum Gasteiger partial charge on any atom is 0.263 e. The zero-order valence-electron chi connectivity index (χ0n) is 7.45. The molecule has 1 heterocycles. The van der Waals surface area contributed by atoms with E-state index in [1.165, 1.54) is 19.4 Å². The fraction of sp³-hybridized carbons (Fsp3) is 0.444. The predicted octanol–water partition coefficient (Wildman–Crippen LogP) is 1.62. The molecular weight excluding hydrogens is 170 g/mol. The third kappa shape index (κ3) is 3.19. The summed E-state index contributed by atoms with van der Waals surface area (Å²) in [5.41, 5.74) is 0. The van der Waals surface area contributed by atoms with Crippen LogP contribution in [0, 0.1) is 0 Å². The van der Waals surface area contributed by atoms with Crippen molar-refractivity contribution >= 4 is 11.6 Å². The largest absolute Gasteiger partial charge is 0.442 e. The Bertz CT molecular complexity index is 290. The van der Waals surface area contributed by atoms with Crippen LogP contribution in [0.2, 0.25) is 0 Å². The highest BCUT2D eigenvalue weighted by Gasteiger charge is 2.09. The molecule has 0 unspecified atom stereocenters. The Kier molecular flexibility index (Phi) is 3.37. The molecule has 0 bridgehead atoms. The van der Waals surface area contributed by atoms with Crippen LogP contribution in [0.4, 0.5) is 0 Å². The zero-order valence-corrected chi connectivity index (χ0v) is 7.45. The molecule has 0 N–H and O–H groups in total. The van der Waals surface area contributed by atoms with E-state index in [0.717, 1.165) is 0 Å². The molecule has 1 rings (SSSR count). The third-order valence-electron chi connectivity index (χ3n) is 1.60.